The highest BCUT2D eigenvalue weighted by atomic mass is 15.3. The van der Waals surface area contributed by atoms with Gasteiger partial charge in [-0.05, 0) is 27.2 Å². The van der Waals surface area contributed by atoms with E-state index in [-0.39, 0.29) is 5.54 Å². The molecule has 0 amide bonds. The van der Waals surface area contributed by atoms with Crippen molar-refractivity contribution in [1.29, 1.82) is 0 Å². The van der Waals surface area contributed by atoms with Crippen LogP contribution in [0.1, 0.15) is 72.0 Å². The zero-order valence-electron chi connectivity index (χ0n) is 13.1. The summed E-state index contributed by atoms with van der Waals surface area (Å²) < 4.78 is 2.04. The second-order valence-electron chi connectivity index (χ2n) is 6.27. The van der Waals surface area contributed by atoms with Gasteiger partial charge in [0.05, 0.1) is 6.54 Å². The summed E-state index contributed by atoms with van der Waals surface area (Å²) in [5, 5.41) is 7.78. The van der Waals surface area contributed by atoms with Crippen LogP contribution in [0.25, 0.3) is 0 Å². The van der Waals surface area contributed by atoms with Gasteiger partial charge in [-0.1, -0.05) is 39.0 Å². The monoisotopic (exact) mass is 266 g/mol. The first kappa shape index (κ1) is 16.2. The molecule has 0 radical (unpaired) electrons. The van der Waals surface area contributed by atoms with E-state index in [4.69, 9.17) is 0 Å². The third kappa shape index (κ3) is 7.31. The molecule has 0 saturated heterocycles. The molecule has 1 rings (SSSR count). The van der Waals surface area contributed by atoms with Gasteiger partial charge in [0.1, 0.15) is 12.2 Å². The Morgan fingerprint density at radius 1 is 1.11 bits per heavy atom. The summed E-state index contributed by atoms with van der Waals surface area (Å²) in [6, 6.07) is 0. The first-order chi connectivity index (χ1) is 9.03. The van der Waals surface area contributed by atoms with Crippen LogP contribution in [-0.2, 0) is 13.1 Å². The molecular weight excluding hydrogens is 236 g/mol. The van der Waals surface area contributed by atoms with E-state index in [1.165, 1.54) is 38.5 Å². The summed E-state index contributed by atoms with van der Waals surface area (Å²) in [7, 11) is 0. The number of rotatable bonds is 9. The van der Waals surface area contributed by atoms with Crippen LogP contribution in [-0.4, -0.2) is 20.3 Å². The number of hydrogen-bond acceptors (Lipinski definition) is 3. The minimum absolute atomic E-state index is 0.122. The molecule has 0 spiro atoms. The number of aromatic nitrogens is 3. The van der Waals surface area contributed by atoms with Crippen LogP contribution in [0.15, 0.2) is 6.33 Å². The van der Waals surface area contributed by atoms with Gasteiger partial charge >= 0.3 is 0 Å². The van der Waals surface area contributed by atoms with Gasteiger partial charge in [-0.25, -0.2) is 9.67 Å². The molecule has 1 aromatic rings. The van der Waals surface area contributed by atoms with E-state index in [9.17, 15) is 0 Å². The molecule has 0 aliphatic carbocycles. The van der Waals surface area contributed by atoms with Gasteiger partial charge in [0.25, 0.3) is 0 Å². The maximum atomic E-state index is 4.34. The number of hydrogen-bond donors (Lipinski definition) is 1. The maximum Gasteiger partial charge on any atom is 0.140 e. The van der Waals surface area contributed by atoms with E-state index in [0.29, 0.717) is 0 Å². The molecule has 0 fully saturated rings. The summed E-state index contributed by atoms with van der Waals surface area (Å²) in [4.78, 5) is 4.34. The van der Waals surface area contributed by atoms with E-state index in [1.54, 1.807) is 6.33 Å². The van der Waals surface area contributed by atoms with Gasteiger partial charge in [-0.15, -0.1) is 0 Å². The van der Waals surface area contributed by atoms with Crippen molar-refractivity contribution in [2.24, 2.45) is 0 Å². The highest BCUT2D eigenvalue weighted by Crippen LogP contribution is 2.07. The predicted molar refractivity (Wildman–Crippen MR) is 80.0 cm³/mol. The van der Waals surface area contributed by atoms with Crippen molar-refractivity contribution in [2.75, 3.05) is 0 Å². The number of nitrogens with zero attached hydrogens (tertiary/aromatic N) is 3. The summed E-state index contributed by atoms with van der Waals surface area (Å²) in [5.41, 5.74) is 0.122. The van der Waals surface area contributed by atoms with Gasteiger partial charge in [0.2, 0.25) is 0 Å². The molecule has 0 saturated carbocycles. The molecule has 0 bridgehead atoms. The van der Waals surface area contributed by atoms with Crippen LogP contribution in [0.5, 0.6) is 0 Å². The molecule has 0 aromatic carbocycles. The lowest BCUT2D eigenvalue weighted by Gasteiger charge is -2.20. The SMILES string of the molecule is CCCCCCCCn1ncnc1CNC(C)(C)C. The van der Waals surface area contributed by atoms with Crippen molar-refractivity contribution in [3.8, 4) is 0 Å². The van der Waals surface area contributed by atoms with Crippen molar-refractivity contribution in [2.45, 2.75) is 84.8 Å². The lowest BCUT2D eigenvalue weighted by atomic mass is 10.1. The van der Waals surface area contributed by atoms with Crippen molar-refractivity contribution in [1.82, 2.24) is 20.1 Å². The summed E-state index contributed by atoms with van der Waals surface area (Å²) in [6.45, 7) is 10.5. The molecule has 1 aromatic heterocycles. The van der Waals surface area contributed by atoms with Crippen LogP contribution in [0.2, 0.25) is 0 Å². The van der Waals surface area contributed by atoms with Gasteiger partial charge in [0.15, 0.2) is 0 Å². The number of unbranched alkanes of at least 4 members (excludes halogenated alkanes) is 5. The zero-order valence-corrected chi connectivity index (χ0v) is 13.1. The minimum atomic E-state index is 0.122. The summed E-state index contributed by atoms with van der Waals surface area (Å²) in [6.07, 6.45) is 9.55. The highest BCUT2D eigenvalue weighted by Gasteiger charge is 2.11. The molecule has 19 heavy (non-hydrogen) atoms. The van der Waals surface area contributed by atoms with Gasteiger partial charge in [0, 0.05) is 12.1 Å². The van der Waals surface area contributed by atoms with Crippen LogP contribution >= 0.6 is 0 Å². The molecule has 0 atom stereocenters. The van der Waals surface area contributed by atoms with E-state index < -0.39 is 0 Å². The Balaban J connectivity index is 2.25. The average Bonchev–Trinajstić information content (AvgIpc) is 2.78. The second kappa shape index (κ2) is 8.31. The van der Waals surface area contributed by atoms with Crippen molar-refractivity contribution in [3.63, 3.8) is 0 Å². The normalized spacial score (nSPS) is 12.0. The largest absolute Gasteiger partial charge is 0.305 e. The third-order valence-electron chi connectivity index (χ3n) is 3.20. The lowest BCUT2D eigenvalue weighted by molar-refractivity contribution is 0.404. The Labute approximate surface area is 118 Å². The second-order valence-corrected chi connectivity index (χ2v) is 6.27. The van der Waals surface area contributed by atoms with Crippen LogP contribution < -0.4 is 5.32 Å². The Morgan fingerprint density at radius 3 is 2.47 bits per heavy atom. The van der Waals surface area contributed by atoms with E-state index in [2.05, 4.69) is 43.1 Å². The van der Waals surface area contributed by atoms with E-state index >= 15 is 0 Å². The molecule has 1 heterocycles. The van der Waals surface area contributed by atoms with Crippen molar-refractivity contribution >= 4 is 0 Å². The average molecular weight is 266 g/mol. The van der Waals surface area contributed by atoms with Crippen LogP contribution in [0.3, 0.4) is 0 Å². The van der Waals surface area contributed by atoms with Crippen LogP contribution in [0.4, 0.5) is 0 Å². The summed E-state index contributed by atoms with van der Waals surface area (Å²) in [5.74, 6) is 1.04. The molecular formula is C15H30N4. The Bertz CT molecular complexity index is 338. The first-order valence-electron chi connectivity index (χ1n) is 7.64. The Kier molecular flexibility index (Phi) is 7.06. The number of nitrogens with one attached hydrogen (secondary N) is 1. The predicted octanol–water partition coefficient (Wildman–Crippen LogP) is 3.53. The van der Waals surface area contributed by atoms with Crippen LogP contribution in [0, 0.1) is 0 Å². The van der Waals surface area contributed by atoms with Gasteiger partial charge in [-0.3, -0.25) is 0 Å². The molecule has 0 aliphatic heterocycles. The zero-order chi connectivity index (χ0) is 14.1. The topological polar surface area (TPSA) is 42.7 Å². The third-order valence-corrected chi connectivity index (χ3v) is 3.20. The molecule has 1 N–H and O–H groups in total. The molecule has 0 aliphatic rings. The molecule has 4 heteroatoms. The standard InChI is InChI=1S/C15H30N4/c1-5-6-7-8-9-10-11-19-14(16-13-18-19)12-17-15(2,3)4/h13,17H,5-12H2,1-4H3. The minimum Gasteiger partial charge on any atom is -0.305 e. The number of aryl methyl sites for hydroxylation is 1. The Hall–Kier alpha value is -0.900. The first-order valence-corrected chi connectivity index (χ1v) is 7.64. The summed E-state index contributed by atoms with van der Waals surface area (Å²) >= 11 is 0. The molecule has 110 valence electrons. The lowest BCUT2D eigenvalue weighted by Crippen LogP contribution is -2.36. The van der Waals surface area contributed by atoms with Gasteiger partial charge < -0.3 is 5.32 Å². The highest BCUT2D eigenvalue weighted by molar-refractivity contribution is 4.86. The van der Waals surface area contributed by atoms with E-state index in [0.717, 1.165) is 18.9 Å². The maximum absolute atomic E-state index is 4.34. The van der Waals surface area contributed by atoms with Crippen molar-refractivity contribution in [3.05, 3.63) is 12.2 Å². The Morgan fingerprint density at radius 2 is 1.79 bits per heavy atom. The van der Waals surface area contributed by atoms with E-state index in [1.807, 2.05) is 4.68 Å². The smallest absolute Gasteiger partial charge is 0.140 e. The fraction of sp³-hybridized carbons (Fsp3) is 0.867. The molecule has 4 nitrogen and oxygen atoms in total. The fourth-order valence-electron chi connectivity index (χ4n) is 2.00. The van der Waals surface area contributed by atoms with Crippen molar-refractivity contribution < 1.29 is 0 Å². The van der Waals surface area contributed by atoms with Gasteiger partial charge in [-0.2, -0.15) is 5.10 Å². The molecule has 0 unspecified atom stereocenters. The fourth-order valence-corrected chi connectivity index (χ4v) is 2.00. The quantitative estimate of drug-likeness (QED) is 0.695.